The molecule has 1 aliphatic rings. The normalized spacial score (nSPS) is 16.7. The van der Waals surface area contributed by atoms with Gasteiger partial charge in [0.2, 0.25) is 0 Å². The van der Waals surface area contributed by atoms with Crippen molar-refractivity contribution in [2.24, 2.45) is 0 Å². The van der Waals surface area contributed by atoms with E-state index in [1.165, 1.54) is 25.7 Å². The molecule has 1 aliphatic heterocycles. The third kappa shape index (κ3) is 11.0. The Hall–Kier alpha value is -1.40. The molecule has 1 heterocycles. The van der Waals surface area contributed by atoms with Crippen molar-refractivity contribution >= 4 is 0 Å². The Morgan fingerprint density at radius 3 is 2.43 bits per heavy atom. The fraction of sp³-hybridized carbons (Fsp3) is 0.684. The van der Waals surface area contributed by atoms with Crippen molar-refractivity contribution < 1.29 is 9.47 Å². The molecule has 1 rings (SSSR count). The number of ether oxygens (including phenoxy) is 2. The van der Waals surface area contributed by atoms with Gasteiger partial charge in [-0.25, -0.2) is 0 Å². The van der Waals surface area contributed by atoms with Crippen LogP contribution in [-0.4, -0.2) is 19.5 Å². The Kier molecular flexibility index (Phi) is 11.4. The molecular formula is C19H26O2. The summed E-state index contributed by atoms with van der Waals surface area (Å²) in [6, 6.07) is 0. The van der Waals surface area contributed by atoms with Crippen molar-refractivity contribution in [1.29, 1.82) is 0 Å². The lowest BCUT2D eigenvalue weighted by molar-refractivity contribution is -0.154. The molecule has 1 saturated heterocycles. The molecule has 2 nitrogen and oxygen atoms in total. The van der Waals surface area contributed by atoms with Crippen LogP contribution in [0.5, 0.6) is 0 Å². The van der Waals surface area contributed by atoms with Gasteiger partial charge < -0.3 is 9.47 Å². The Balaban J connectivity index is 1.98. The lowest BCUT2D eigenvalue weighted by Crippen LogP contribution is -2.22. The van der Waals surface area contributed by atoms with Crippen LogP contribution < -0.4 is 0 Å². The average molecular weight is 286 g/mol. The highest BCUT2D eigenvalue weighted by Gasteiger charge is 2.12. The topological polar surface area (TPSA) is 18.5 Å². The molecule has 0 saturated carbocycles. The van der Waals surface area contributed by atoms with E-state index in [0.717, 1.165) is 25.9 Å². The molecule has 114 valence electrons. The van der Waals surface area contributed by atoms with Crippen molar-refractivity contribution in [2.45, 2.75) is 71.0 Å². The van der Waals surface area contributed by atoms with E-state index in [1.54, 1.807) is 0 Å². The molecule has 0 spiro atoms. The zero-order valence-corrected chi connectivity index (χ0v) is 13.2. The SMILES string of the molecule is CCCCCC#CCC#CCC#CCOC1CCCCO1. The van der Waals surface area contributed by atoms with Gasteiger partial charge in [-0.05, 0) is 25.7 Å². The molecule has 1 atom stereocenters. The van der Waals surface area contributed by atoms with Gasteiger partial charge in [0.05, 0.1) is 12.8 Å². The Labute approximate surface area is 130 Å². The van der Waals surface area contributed by atoms with E-state index in [-0.39, 0.29) is 6.29 Å². The maximum atomic E-state index is 5.51. The minimum absolute atomic E-state index is 0.0536. The maximum absolute atomic E-state index is 5.51. The van der Waals surface area contributed by atoms with Crippen LogP contribution in [0.15, 0.2) is 0 Å². The summed E-state index contributed by atoms with van der Waals surface area (Å²) in [4.78, 5) is 0. The van der Waals surface area contributed by atoms with Gasteiger partial charge in [-0.1, -0.05) is 49.4 Å². The van der Waals surface area contributed by atoms with Crippen LogP contribution >= 0.6 is 0 Å². The molecule has 0 radical (unpaired) electrons. The van der Waals surface area contributed by atoms with Gasteiger partial charge in [0.25, 0.3) is 0 Å². The molecule has 0 aromatic carbocycles. The smallest absolute Gasteiger partial charge is 0.158 e. The van der Waals surface area contributed by atoms with Crippen LogP contribution in [0.2, 0.25) is 0 Å². The van der Waals surface area contributed by atoms with Gasteiger partial charge in [-0.15, -0.1) is 5.92 Å². The monoisotopic (exact) mass is 286 g/mol. The largest absolute Gasteiger partial charge is 0.353 e. The molecular weight excluding hydrogens is 260 g/mol. The first-order valence-electron chi connectivity index (χ1n) is 8.04. The lowest BCUT2D eigenvalue weighted by Gasteiger charge is -2.21. The Morgan fingerprint density at radius 1 is 0.952 bits per heavy atom. The molecule has 21 heavy (non-hydrogen) atoms. The van der Waals surface area contributed by atoms with Crippen molar-refractivity contribution in [3.63, 3.8) is 0 Å². The first kappa shape index (κ1) is 17.7. The van der Waals surface area contributed by atoms with E-state index < -0.39 is 0 Å². The number of hydrogen-bond acceptors (Lipinski definition) is 2. The van der Waals surface area contributed by atoms with E-state index in [1.807, 2.05) is 0 Å². The highest BCUT2D eigenvalue weighted by molar-refractivity contribution is 5.16. The molecule has 2 heteroatoms. The Bertz CT molecular complexity index is 427. The van der Waals surface area contributed by atoms with Gasteiger partial charge >= 0.3 is 0 Å². The van der Waals surface area contributed by atoms with E-state index in [4.69, 9.17) is 9.47 Å². The fourth-order valence-electron chi connectivity index (χ4n) is 1.92. The highest BCUT2D eigenvalue weighted by atomic mass is 16.7. The number of hydrogen-bond donors (Lipinski definition) is 0. The van der Waals surface area contributed by atoms with Crippen LogP contribution in [0.25, 0.3) is 0 Å². The van der Waals surface area contributed by atoms with Crippen molar-refractivity contribution in [2.75, 3.05) is 13.2 Å². The standard InChI is InChI=1S/C19H26O2/c1-2-3-4-5-6-7-8-9-10-11-12-14-17-20-19-16-13-15-18-21-19/h19H,2-5,8,11,13,15-18H2,1H3. The maximum Gasteiger partial charge on any atom is 0.158 e. The van der Waals surface area contributed by atoms with Crippen LogP contribution in [0.4, 0.5) is 0 Å². The van der Waals surface area contributed by atoms with Gasteiger partial charge in [-0.2, -0.15) is 0 Å². The molecule has 1 unspecified atom stereocenters. The first-order valence-corrected chi connectivity index (χ1v) is 8.04. The molecule has 0 aliphatic carbocycles. The zero-order chi connectivity index (χ0) is 15.0. The average Bonchev–Trinajstić information content (AvgIpc) is 2.53. The first-order chi connectivity index (χ1) is 10.4. The van der Waals surface area contributed by atoms with Gasteiger partial charge in [0.1, 0.15) is 6.61 Å². The summed E-state index contributed by atoms with van der Waals surface area (Å²) in [7, 11) is 0. The summed E-state index contributed by atoms with van der Waals surface area (Å²) >= 11 is 0. The predicted octanol–water partition coefficient (Wildman–Crippen LogP) is 3.90. The summed E-state index contributed by atoms with van der Waals surface area (Å²) in [5.41, 5.74) is 0. The number of rotatable bonds is 5. The summed E-state index contributed by atoms with van der Waals surface area (Å²) in [5.74, 6) is 18.2. The summed E-state index contributed by atoms with van der Waals surface area (Å²) in [6.45, 7) is 3.44. The van der Waals surface area contributed by atoms with Gasteiger partial charge in [-0.3, -0.25) is 0 Å². The molecule has 0 amide bonds. The van der Waals surface area contributed by atoms with Gasteiger partial charge in [0.15, 0.2) is 6.29 Å². The fourth-order valence-corrected chi connectivity index (χ4v) is 1.92. The third-order valence-electron chi connectivity index (χ3n) is 3.11. The summed E-state index contributed by atoms with van der Waals surface area (Å²) < 4.78 is 11.0. The van der Waals surface area contributed by atoms with Gasteiger partial charge in [0, 0.05) is 13.0 Å². The predicted molar refractivity (Wildman–Crippen MR) is 86.2 cm³/mol. The van der Waals surface area contributed by atoms with Crippen LogP contribution in [0, 0.1) is 35.5 Å². The summed E-state index contributed by atoms with van der Waals surface area (Å²) in [5, 5.41) is 0. The quantitative estimate of drug-likeness (QED) is 0.564. The van der Waals surface area contributed by atoms with Crippen molar-refractivity contribution in [3.8, 4) is 35.5 Å². The Morgan fingerprint density at radius 2 is 1.71 bits per heavy atom. The second-order valence-corrected chi connectivity index (χ2v) is 4.98. The minimum Gasteiger partial charge on any atom is -0.353 e. The van der Waals surface area contributed by atoms with Crippen LogP contribution in [0.3, 0.4) is 0 Å². The zero-order valence-electron chi connectivity index (χ0n) is 13.2. The molecule has 0 bridgehead atoms. The minimum atomic E-state index is -0.0536. The van der Waals surface area contributed by atoms with Crippen LogP contribution in [0.1, 0.15) is 64.7 Å². The van der Waals surface area contributed by atoms with E-state index in [9.17, 15) is 0 Å². The second-order valence-electron chi connectivity index (χ2n) is 4.98. The highest BCUT2D eigenvalue weighted by Crippen LogP contribution is 2.12. The number of unbranched alkanes of at least 4 members (excludes halogenated alkanes) is 3. The van der Waals surface area contributed by atoms with E-state index in [2.05, 4.69) is 42.4 Å². The second kappa shape index (κ2) is 13.6. The molecule has 0 aromatic heterocycles. The van der Waals surface area contributed by atoms with Crippen molar-refractivity contribution in [3.05, 3.63) is 0 Å². The van der Waals surface area contributed by atoms with Crippen molar-refractivity contribution in [1.82, 2.24) is 0 Å². The van der Waals surface area contributed by atoms with E-state index >= 15 is 0 Å². The third-order valence-corrected chi connectivity index (χ3v) is 3.11. The van der Waals surface area contributed by atoms with E-state index in [0.29, 0.717) is 19.4 Å². The summed E-state index contributed by atoms with van der Waals surface area (Å²) in [6.07, 6.45) is 9.21. The molecule has 0 aromatic rings. The van der Waals surface area contributed by atoms with Crippen LogP contribution in [-0.2, 0) is 9.47 Å². The lowest BCUT2D eigenvalue weighted by atomic mass is 10.2. The molecule has 0 N–H and O–H groups in total. The molecule has 1 fully saturated rings.